The van der Waals surface area contributed by atoms with Gasteiger partial charge in [-0.25, -0.2) is 0 Å². The average molecular weight is 184 g/mol. The first-order valence-electron chi connectivity index (χ1n) is 5.40. The quantitative estimate of drug-likeness (QED) is 0.715. The van der Waals surface area contributed by atoms with E-state index >= 15 is 0 Å². The third-order valence-corrected chi connectivity index (χ3v) is 2.84. The Kier molecular flexibility index (Phi) is 3.36. The fourth-order valence-corrected chi connectivity index (χ4v) is 1.86. The van der Waals surface area contributed by atoms with Crippen LogP contribution in [-0.4, -0.2) is 36.6 Å². The van der Waals surface area contributed by atoms with Crippen molar-refractivity contribution in [2.75, 3.05) is 19.6 Å². The van der Waals surface area contributed by atoms with E-state index in [0.29, 0.717) is 17.5 Å². The van der Waals surface area contributed by atoms with Crippen molar-refractivity contribution >= 4 is 0 Å². The molecule has 13 heavy (non-hydrogen) atoms. The molecule has 0 bridgehead atoms. The van der Waals surface area contributed by atoms with E-state index in [1.54, 1.807) is 0 Å². The molecule has 1 fully saturated rings. The maximum atomic E-state index is 3.52. The van der Waals surface area contributed by atoms with Crippen LogP contribution in [0.4, 0.5) is 0 Å². The molecule has 2 heteroatoms. The Morgan fingerprint density at radius 2 is 1.77 bits per heavy atom. The summed E-state index contributed by atoms with van der Waals surface area (Å²) < 4.78 is 0. The van der Waals surface area contributed by atoms with Gasteiger partial charge in [0, 0.05) is 37.1 Å². The summed E-state index contributed by atoms with van der Waals surface area (Å²) in [4.78, 5) is 2.53. The van der Waals surface area contributed by atoms with Gasteiger partial charge in [-0.1, -0.05) is 20.8 Å². The topological polar surface area (TPSA) is 15.3 Å². The smallest absolute Gasteiger partial charge is 0.00627 e. The molecule has 0 aromatic carbocycles. The molecule has 1 aliphatic heterocycles. The summed E-state index contributed by atoms with van der Waals surface area (Å²) in [6.07, 6.45) is 0. The summed E-state index contributed by atoms with van der Waals surface area (Å²) in [6, 6.07) is 1.33. The molecular weight excluding hydrogens is 160 g/mol. The summed E-state index contributed by atoms with van der Waals surface area (Å²) >= 11 is 0. The lowest BCUT2D eigenvalue weighted by molar-refractivity contribution is -0.00826. The third kappa shape index (κ3) is 2.96. The molecule has 0 atom stereocenters. The first kappa shape index (κ1) is 11.0. The molecule has 0 aromatic heterocycles. The summed E-state index contributed by atoms with van der Waals surface area (Å²) in [7, 11) is 0. The molecule has 78 valence electrons. The minimum atomic E-state index is 0.522. The lowest BCUT2D eigenvalue weighted by Crippen LogP contribution is -2.61. The Morgan fingerprint density at radius 1 is 1.23 bits per heavy atom. The molecule has 2 nitrogen and oxygen atoms in total. The Balaban J connectivity index is 2.22. The van der Waals surface area contributed by atoms with Gasteiger partial charge in [-0.2, -0.15) is 0 Å². The number of likely N-dealkylation sites (tertiary alicyclic amines) is 1. The first-order valence-corrected chi connectivity index (χ1v) is 5.40. The minimum Gasteiger partial charge on any atom is -0.314 e. The maximum Gasteiger partial charge on any atom is 0.00627 e. The Morgan fingerprint density at radius 3 is 2.15 bits per heavy atom. The monoisotopic (exact) mass is 184 g/mol. The Bertz CT molecular complexity index is 152. The molecule has 0 spiro atoms. The van der Waals surface area contributed by atoms with Crippen LogP contribution in [0.5, 0.6) is 0 Å². The fraction of sp³-hybridized carbons (Fsp3) is 1.00. The SMILES string of the molecule is CC(C)NCC1(C)CN(C(C)C)C1. The summed E-state index contributed by atoms with van der Waals surface area (Å²) in [6.45, 7) is 15.0. The second kappa shape index (κ2) is 3.97. The van der Waals surface area contributed by atoms with Crippen molar-refractivity contribution in [3.63, 3.8) is 0 Å². The van der Waals surface area contributed by atoms with Gasteiger partial charge in [0.15, 0.2) is 0 Å². The van der Waals surface area contributed by atoms with Gasteiger partial charge in [0.25, 0.3) is 0 Å². The zero-order valence-electron chi connectivity index (χ0n) is 9.72. The van der Waals surface area contributed by atoms with Crippen LogP contribution in [0.1, 0.15) is 34.6 Å². The van der Waals surface area contributed by atoms with Gasteiger partial charge in [0.2, 0.25) is 0 Å². The van der Waals surface area contributed by atoms with Crippen molar-refractivity contribution < 1.29 is 0 Å². The maximum absolute atomic E-state index is 3.52. The number of rotatable bonds is 4. The van der Waals surface area contributed by atoms with Crippen molar-refractivity contribution in [1.29, 1.82) is 0 Å². The van der Waals surface area contributed by atoms with Crippen molar-refractivity contribution in [3.8, 4) is 0 Å². The summed E-state index contributed by atoms with van der Waals surface area (Å²) in [5.41, 5.74) is 0.522. The van der Waals surface area contributed by atoms with Crippen molar-refractivity contribution in [2.24, 2.45) is 5.41 Å². The van der Waals surface area contributed by atoms with E-state index in [9.17, 15) is 0 Å². The van der Waals surface area contributed by atoms with E-state index in [-0.39, 0.29) is 0 Å². The highest BCUT2D eigenvalue weighted by Crippen LogP contribution is 2.30. The molecule has 0 radical (unpaired) electrons. The molecule has 1 N–H and O–H groups in total. The molecule has 0 saturated carbocycles. The van der Waals surface area contributed by atoms with Crippen LogP contribution in [0, 0.1) is 5.41 Å². The highest BCUT2D eigenvalue weighted by molar-refractivity contribution is 4.94. The molecule has 1 saturated heterocycles. The lowest BCUT2D eigenvalue weighted by atomic mass is 9.81. The predicted octanol–water partition coefficient (Wildman–Crippen LogP) is 1.71. The van der Waals surface area contributed by atoms with E-state index < -0.39 is 0 Å². The molecule has 0 unspecified atom stereocenters. The van der Waals surface area contributed by atoms with Crippen molar-refractivity contribution in [3.05, 3.63) is 0 Å². The van der Waals surface area contributed by atoms with E-state index in [0.717, 1.165) is 6.54 Å². The second-order valence-electron chi connectivity index (χ2n) is 5.34. The van der Waals surface area contributed by atoms with Crippen LogP contribution in [0.15, 0.2) is 0 Å². The van der Waals surface area contributed by atoms with Crippen LogP contribution in [-0.2, 0) is 0 Å². The van der Waals surface area contributed by atoms with Gasteiger partial charge in [0.1, 0.15) is 0 Å². The molecule has 1 aliphatic rings. The number of hydrogen-bond donors (Lipinski definition) is 1. The summed E-state index contributed by atoms with van der Waals surface area (Å²) in [5.74, 6) is 0. The zero-order chi connectivity index (χ0) is 10.1. The van der Waals surface area contributed by atoms with Crippen LogP contribution < -0.4 is 5.32 Å². The van der Waals surface area contributed by atoms with Crippen LogP contribution in [0.3, 0.4) is 0 Å². The largest absolute Gasteiger partial charge is 0.314 e. The molecule has 1 heterocycles. The molecule has 0 aromatic rings. The zero-order valence-corrected chi connectivity index (χ0v) is 9.72. The molecule has 1 rings (SSSR count). The normalized spacial score (nSPS) is 22.4. The minimum absolute atomic E-state index is 0.522. The lowest BCUT2D eigenvalue weighted by Gasteiger charge is -2.50. The average Bonchev–Trinajstić information content (AvgIpc) is 1.95. The van der Waals surface area contributed by atoms with Gasteiger partial charge in [-0.05, 0) is 13.8 Å². The second-order valence-corrected chi connectivity index (χ2v) is 5.34. The van der Waals surface area contributed by atoms with E-state index in [1.165, 1.54) is 13.1 Å². The van der Waals surface area contributed by atoms with Crippen LogP contribution in [0.25, 0.3) is 0 Å². The van der Waals surface area contributed by atoms with Gasteiger partial charge in [-0.3, -0.25) is 4.90 Å². The predicted molar refractivity (Wildman–Crippen MR) is 58.0 cm³/mol. The molecular formula is C11H24N2. The van der Waals surface area contributed by atoms with E-state index in [1.807, 2.05) is 0 Å². The third-order valence-electron chi connectivity index (χ3n) is 2.84. The van der Waals surface area contributed by atoms with Gasteiger partial charge >= 0.3 is 0 Å². The molecule has 0 aliphatic carbocycles. The van der Waals surface area contributed by atoms with Gasteiger partial charge in [-0.15, -0.1) is 0 Å². The number of nitrogens with zero attached hydrogens (tertiary/aromatic N) is 1. The highest BCUT2D eigenvalue weighted by Gasteiger charge is 2.39. The summed E-state index contributed by atoms with van der Waals surface area (Å²) in [5, 5.41) is 3.52. The van der Waals surface area contributed by atoms with Crippen molar-refractivity contribution in [2.45, 2.75) is 46.7 Å². The van der Waals surface area contributed by atoms with E-state index in [2.05, 4.69) is 44.8 Å². The number of nitrogens with one attached hydrogen (secondary N) is 1. The molecule has 0 amide bonds. The van der Waals surface area contributed by atoms with Gasteiger partial charge < -0.3 is 5.32 Å². The van der Waals surface area contributed by atoms with Crippen LogP contribution in [0.2, 0.25) is 0 Å². The van der Waals surface area contributed by atoms with Crippen molar-refractivity contribution in [1.82, 2.24) is 10.2 Å². The Hall–Kier alpha value is -0.0800. The number of hydrogen-bond acceptors (Lipinski definition) is 2. The van der Waals surface area contributed by atoms with E-state index in [4.69, 9.17) is 0 Å². The Labute approximate surface area is 82.7 Å². The highest BCUT2D eigenvalue weighted by atomic mass is 15.2. The van der Waals surface area contributed by atoms with Crippen LogP contribution >= 0.6 is 0 Å². The first-order chi connectivity index (χ1) is 5.93. The fourth-order valence-electron chi connectivity index (χ4n) is 1.86. The van der Waals surface area contributed by atoms with Gasteiger partial charge in [0.05, 0.1) is 0 Å². The standard InChI is InChI=1S/C11H24N2/c1-9(2)12-6-11(5)7-13(8-11)10(3)4/h9-10,12H,6-8H2,1-5H3.